The number of nitrogens with zero attached hydrogens (tertiary/aromatic N) is 5. The Balaban J connectivity index is 1.17. The molecule has 0 unspecified atom stereocenters. The number of nitrogens with one attached hydrogen (secondary N) is 1. The highest BCUT2D eigenvalue weighted by atomic mass is 32.1. The molecule has 2 aliphatic rings. The Morgan fingerprint density at radius 3 is 2.68 bits per heavy atom. The van der Waals surface area contributed by atoms with Crippen LogP contribution in [0.1, 0.15) is 32.1 Å². The van der Waals surface area contributed by atoms with Crippen molar-refractivity contribution in [2.24, 2.45) is 0 Å². The molecule has 0 radical (unpaired) electrons. The van der Waals surface area contributed by atoms with Crippen LogP contribution in [0.15, 0.2) is 54.9 Å². The molecule has 0 spiro atoms. The van der Waals surface area contributed by atoms with Crippen molar-refractivity contribution < 1.29 is 9.84 Å². The van der Waals surface area contributed by atoms with E-state index in [0.29, 0.717) is 6.04 Å². The van der Waals surface area contributed by atoms with Crippen LogP contribution in [0.2, 0.25) is 0 Å². The van der Waals surface area contributed by atoms with Crippen LogP contribution < -0.4 is 15.0 Å². The minimum absolute atomic E-state index is 0.0730. The number of rotatable bonds is 7. The Morgan fingerprint density at radius 1 is 1.00 bits per heavy atom. The molecule has 1 saturated heterocycles. The quantitative estimate of drug-likeness (QED) is 0.328. The maximum Gasteiger partial charge on any atom is 0.184 e. The molecule has 9 heteroatoms. The van der Waals surface area contributed by atoms with Crippen LogP contribution in [0.3, 0.4) is 0 Å². The number of anilines is 2. The maximum absolute atomic E-state index is 10.3. The predicted octanol–water partition coefficient (Wildman–Crippen LogP) is 5.40. The van der Waals surface area contributed by atoms with Gasteiger partial charge in [0.05, 0.1) is 28.1 Å². The van der Waals surface area contributed by atoms with Gasteiger partial charge in [-0.25, -0.2) is 9.97 Å². The molecule has 3 aromatic heterocycles. The largest absolute Gasteiger partial charge is 0.457 e. The molecule has 2 N–H and O–H groups in total. The van der Waals surface area contributed by atoms with Crippen molar-refractivity contribution in [3.63, 3.8) is 0 Å². The molecule has 6 rings (SSSR count). The van der Waals surface area contributed by atoms with E-state index in [-0.39, 0.29) is 12.1 Å². The Bertz CT molecular complexity index is 1410. The molecule has 3 atom stereocenters. The lowest BCUT2D eigenvalue weighted by Gasteiger charge is -2.27. The molecule has 1 aromatic carbocycles. The summed E-state index contributed by atoms with van der Waals surface area (Å²) in [5, 5.41) is 14.6. The highest BCUT2D eigenvalue weighted by Gasteiger charge is 2.25. The van der Waals surface area contributed by atoms with Crippen LogP contribution in [-0.4, -0.2) is 70.3 Å². The molecule has 198 valence electrons. The average molecular weight is 531 g/mol. The van der Waals surface area contributed by atoms with Crippen molar-refractivity contribution in [1.82, 2.24) is 19.9 Å². The maximum atomic E-state index is 10.3. The van der Waals surface area contributed by atoms with Gasteiger partial charge in [-0.05, 0) is 63.7 Å². The van der Waals surface area contributed by atoms with E-state index in [0.717, 1.165) is 89.1 Å². The van der Waals surface area contributed by atoms with Gasteiger partial charge in [-0.15, -0.1) is 0 Å². The van der Waals surface area contributed by atoms with Gasteiger partial charge in [0, 0.05) is 49.2 Å². The summed E-state index contributed by atoms with van der Waals surface area (Å²) in [5.41, 5.74) is 2.80. The molecule has 2 fully saturated rings. The number of aromatic nitrogens is 3. The minimum Gasteiger partial charge on any atom is -0.457 e. The fourth-order valence-electron chi connectivity index (χ4n) is 5.36. The zero-order valence-corrected chi connectivity index (χ0v) is 22.7. The number of hydrogen-bond donors (Lipinski definition) is 2. The number of thiazole rings is 1. The summed E-state index contributed by atoms with van der Waals surface area (Å²) < 4.78 is 7.29. The van der Waals surface area contributed by atoms with Gasteiger partial charge >= 0.3 is 0 Å². The van der Waals surface area contributed by atoms with Gasteiger partial charge in [0.2, 0.25) is 0 Å². The Kier molecular flexibility index (Phi) is 7.14. The van der Waals surface area contributed by atoms with E-state index in [1.807, 2.05) is 42.6 Å². The molecule has 38 heavy (non-hydrogen) atoms. The molecule has 4 aromatic rings. The molecule has 8 nitrogen and oxygen atoms in total. The number of aliphatic hydroxyl groups excluding tert-OH is 1. The van der Waals surface area contributed by atoms with Crippen molar-refractivity contribution in [3.05, 3.63) is 54.9 Å². The van der Waals surface area contributed by atoms with Crippen molar-refractivity contribution in [3.8, 4) is 22.8 Å². The highest BCUT2D eigenvalue weighted by Crippen LogP contribution is 2.34. The van der Waals surface area contributed by atoms with E-state index in [4.69, 9.17) is 9.72 Å². The van der Waals surface area contributed by atoms with E-state index >= 15 is 0 Å². The van der Waals surface area contributed by atoms with Crippen LogP contribution in [0, 0.1) is 0 Å². The summed E-state index contributed by atoms with van der Waals surface area (Å²) >= 11 is 1.59. The van der Waals surface area contributed by atoms with Crippen molar-refractivity contribution >= 4 is 32.5 Å². The zero-order chi connectivity index (χ0) is 26.1. The number of fused-ring (bicyclic) bond motifs is 1. The first-order valence-electron chi connectivity index (χ1n) is 13.4. The van der Waals surface area contributed by atoms with Gasteiger partial charge in [0.15, 0.2) is 5.13 Å². The normalized spacial score (nSPS) is 21.8. The van der Waals surface area contributed by atoms with Crippen LogP contribution in [0.5, 0.6) is 11.5 Å². The predicted molar refractivity (Wildman–Crippen MR) is 153 cm³/mol. The summed E-state index contributed by atoms with van der Waals surface area (Å²) in [6.07, 6.45) is 8.54. The van der Waals surface area contributed by atoms with Gasteiger partial charge in [0.1, 0.15) is 17.3 Å². The third-order valence-corrected chi connectivity index (χ3v) is 8.57. The van der Waals surface area contributed by atoms with Gasteiger partial charge in [-0.1, -0.05) is 24.2 Å². The molecule has 1 saturated carbocycles. The Hall–Kier alpha value is -3.27. The second-order valence-electron chi connectivity index (χ2n) is 10.5. The van der Waals surface area contributed by atoms with Crippen LogP contribution in [0.4, 0.5) is 10.9 Å². The van der Waals surface area contributed by atoms with Crippen LogP contribution >= 0.6 is 11.3 Å². The van der Waals surface area contributed by atoms with E-state index < -0.39 is 0 Å². The lowest BCUT2D eigenvalue weighted by Crippen LogP contribution is -2.36. The first kappa shape index (κ1) is 25.0. The molecular weight excluding hydrogens is 496 g/mol. The van der Waals surface area contributed by atoms with E-state index in [1.165, 1.54) is 0 Å². The van der Waals surface area contributed by atoms with Crippen LogP contribution in [-0.2, 0) is 0 Å². The van der Waals surface area contributed by atoms with Gasteiger partial charge < -0.3 is 25.0 Å². The first-order valence-corrected chi connectivity index (χ1v) is 14.2. The fraction of sp³-hybridized carbons (Fsp3) is 0.414. The SMILES string of the molecule is CN(C)[C@H]1CCN(c2cc(-c3cc(Oc4ccc5nc(N[C@@H]6CCCC[C@H]6O)sc5c4)ccn3)ccn2)C1. The summed E-state index contributed by atoms with van der Waals surface area (Å²) in [6.45, 7) is 1.99. The van der Waals surface area contributed by atoms with Gasteiger partial charge in [-0.2, -0.15) is 0 Å². The third kappa shape index (κ3) is 5.45. The van der Waals surface area contributed by atoms with Crippen molar-refractivity contribution in [2.75, 3.05) is 37.4 Å². The van der Waals surface area contributed by atoms with E-state index in [9.17, 15) is 5.11 Å². The summed E-state index contributed by atoms with van der Waals surface area (Å²) in [5.74, 6) is 2.47. The third-order valence-electron chi connectivity index (χ3n) is 7.62. The van der Waals surface area contributed by atoms with Gasteiger partial charge in [0.25, 0.3) is 0 Å². The number of benzene rings is 1. The average Bonchev–Trinajstić information content (AvgIpc) is 3.58. The number of ether oxygens (including phenoxy) is 1. The topological polar surface area (TPSA) is 86.6 Å². The van der Waals surface area contributed by atoms with Gasteiger partial charge in [-0.3, -0.25) is 4.98 Å². The number of hydrogen-bond acceptors (Lipinski definition) is 9. The molecule has 0 bridgehead atoms. The zero-order valence-electron chi connectivity index (χ0n) is 21.9. The molecule has 1 aliphatic carbocycles. The smallest absolute Gasteiger partial charge is 0.184 e. The summed E-state index contributed by atoms with van der Waals surface area (Å²) in [4.78, 5) is 18.6. The molecule has 1 aliphatic heterocycles. The second kappa shape index (κ2) is 10.8. The highest BCUT2D eigenvalue weighted by molar-refractivity contribution is 7.22. The molecular formula is C29H34N6O2S. The molecule has 4 heterocycles. The summed E-state index contributed by atoms with van der Waals surface area (Å²) in [6, 6.07) is 14.5. The van der Waals surface area contributed by atoms with Crippen molar-refractivity contribution in [1.29, 1.82) is 0 Å². The second-order valence-corrected chi connectivity index (χ2v) is 11.5. The fourth-order valence-corrected chi connectivity index (χ4v) is 6.32. The van der Waals surface area contributed by atoms with E-state index in [2.05, 4.69) is 45.2 Å². The number of pyridine rings is 2. The lowest BCUT2D eigenvalue weighted by molar-refractivity contribution is 0.116. The Morgan fingerprint density at radius 2 is 1.84 bits per heavy atom. The Labute approximate surface area is 227 Å². The molecule has 0 amide bonds. The lowest BCUT2D eigenvalue weighted by atomic mass is 9.93. The minimum atomic E-state index is -0.308. The number of aliphatic hydroxyl groups is 1. The van der Waals surface area contributed by atoms with Crippen LogP contribution in [0.25, 0.3) is 21.5 Å². The van der Waals surface area contributed by atoms with E-state index in [1.54, 1.807) is 17.5 Å². The monoisotopic (exact) mass is 530 g/mol. The summed E-state index contributed by atoms with van der Waals surface area (Å²) in [7, 11) is 4.28. The number of likely N-dealkylation sites (N-methyl/N-ethyl adjacent to an activating group) is 1. The standard InChI is InChI=1S/C29H34N6O2S/c1-34(2)20-11-14-35(18-20)28-15-19(9-12-31-28)25-16-22(10-13-30-25)37-21-7-8-24-27(17-21)38-29(33-24)32-23-5-3-4-6-26(23)36/h7-10,12-13,15-17,20,23,26,36H,3-6,11,14,18H2,1-2H3,(H,32,33)/t20-,23+,26+/m0/s1. The van der Waals surface area contributed by atoms with Crippen molar-refractivity contribution in [2.45, 2.75) is 50.3 Å². The first-order chi connectivity index (χ1) is 18.5.